The monoisotopic (exact) mass is 387 g/mol. The number of amidine groups is 1. The number of hydroxylamine groups is 1. The summed E-state index contributed by atoms with van der Waals surface area (Å²) in [7, 11) is 1.57. The Hall–Kier alpha value is -2.38. The molecule has 3 heterocycles. The number of aliphatic imine (C=N–C) groups is 1. The molecule has 3 aromatic rings. The Kier molecular flexibility index (Phi) is 3.95. The van der Waals surface area contributed by atoms with Crippen LogP contribution in [0.25, 0.3) is 11.0 Å². The summed E-state index contributed by atoms with van der Waals surface area (Å²) in [4.78, 5) is 14.6. The number of methoxy groups -OCH3 is 1. The minimum Gasteiger partial charge on any atom is -0.480 e. The van der Waals surface area contributed by atoms with Crippen molar-refractivity contribution in [3.8, 4) is 5.88 Å². The summed E-state index contributed by atoms with van der Waals surface area (Å²) in [6.07, 6.45) is 0. The molecule has 1 unspecified atom stereocenters. The standard InChI is InChI=1S/C17H14BrN3O3/c1-22-17-11(18)6-7-12(20-17)16-19-13(9-23-21-16)15-8-10-4-2-3-5-14(10)24-15/h2-8,13H,9H2,1H3,(H,19,21). The van der Waals surface area contributed by atoms with Crippen LogP contribution in [0.1, 0.15) is 17.5 Å². The van der Waals surface area contributed by atoms with Gasteiger partial charge in [-0.15, -0.1) is 0 Å². The summed E-state index contributed by atoms with van der Waals surface area (Å²) in [5, 5.41) is 1.05. The molecule has 1 aliphatic heterocycles. The molecule has 0 saturated heterocycles. The summed E-state index contributed by atoms with van der Waals surface area (Å²) >= 11 is 3.39. The fraction of sp³-hybridized carbons (Fsp3) is 0.176. The molecule has 1 aromatic carbocycles. The van der Waals surface area contributed by atoms with Gasteiger partial charge in [-0.05, 0) is 40.2 Å². The number of hydrogen-bond donors (Lipinski definition) is 1. The lowest BCUT2D eigenvalue weighted by molar-refractivity contribution is 0.0581. The molecule has 0 bridgehead atoms. The number of halogens is 1. The van der Waals surface area contributed by atoms with Crippen molar-refractivity contribution in [2.24, 2.45) is 4.99 Å². The third-order valence-electron chi connectivity index (χ3n) is 3.72. The van der Waals surface area contributed by atoms with Gasteiger partial charge >= 0.3 is 0 Å². The summed E-state index contributed by atoms with van der Waals surface area (Å²) < 4.78 is 11.9. The van der Waals surface area contributed by atoms with Crippen molar-refractivity contribution in [1.29, 1.82) is 0 Å². The minimum atomic E-state index is -0.231. The SMILES string of the molecule is COc1nc(C2=NC(c3cc4ccccc4o3)CON2)ccc1Br. The number of aromatic nitrogens is 1. The first-order valence-electron chi connectivity index (χ1n) is 7.39. The van der Waals surface area contributed by atoms with Gasteiger partial charge in [-0.3, -0.25) is 9.83 Å². The summed E-state index contributed by atoms with van der Waals surface area (Å²) in [5.41, 5.74) is 4.29. The number of benzene rings is 1. The highest BCUT2D eigenvalue weighted by molar-refractivity contribution is 9.10. The zero-order valence-corrected chi connectivity index (χ0v) is 14.4. The highest BCUT2D eigenvalue weighted by Gasteiger charge is 2.23. The fourth-order valence-electron chi connectivity index (χ4n) is 2.54. The van der Waals surface area contributed by atoms with Crippen molar-refractivity contribution in [2.75, 3.05) is 13.7 Å². The van der Waals surface area contributed by atoms with Crippen LogP contribution in [0.4, 0.5) is 0 Å². The largest absolute Gasteiger partial charge is 0.480 e. The maximum absolute atomic E-state index is 5.89. The second kappa shape index (κ2) is 6.26. The topological polar surface area (TPSA) is 68.9 Å². The normalized spacial score (nSPS) is 17.4. The first-order valence-corrected chi connectivity index (χ1v) is 8.19. The molecule has 1 N–H and O–H groups in total. The van der Waals surface area contributed by atoms with Crippen molar-refractivity contribution in [1.82, 2.24) is 10.5 Å². The molecular formula is C17H14BrN3O3. The van der Waals surface area contributed by atoms with E-state index in [9.17, 15) is 0 Å². The maximum Gasteiger partial charge on any atom is 0.228 e. The van der Waals surface area contributed by atoms with Crippen LogP contribution in [-0.4, -0.2) is 24.5 Å². The minimum absolute atomic E-state index is 0.231. The van der Waals surface area contributed by atoms with Gasteiger partial charge < -0.3 is 9.15 Å². The molecule has 1 atom stereocenters. The van der Waals surface area contributed by atoms with E-state index >= 15 is 0 Å². The number of nitrogens with one attached hydrogen (secondary N) is 1. The molecule has 1 aliphatic rings. The zero-order valence-electron chi connectivity index (χ0n) is 12.8. The van der Waals surface area contributed by atoms with Crippen LogP contribution >= 0.6 is 15.9 Å². The number of furan rings is 1. The van der Waals surface area contributed by atoms with E-state index in [1.54, 1.807) is 7.11 Å². The molecule has 6 nitrogen and oxygen atoms in total. The first kappa shape index (κ1) is 15.2. The van der Waals surface area contributed by atoms with Crippen LogP contribution in [0, 0.1) is 0 Å². The van der Waals surface area contributed by atoms with Gasteiger partial charge in [0.1, 0.15) is 29.7 Å². The van der Waals surface area contributed by atoms with Gasteiger partial charge in [0.25, 0.3) is 0 Å². The highest BCUT2D eigenvalue weighted by Crippen LogP contribution is 2.28. The van der Waals surface area contributed by atoms with Gasteiger partial charge in [-0.25, -0.2) is 10.5 Å². The van der Waals surface area contributed by atoms with Crippen molar-refractivity contribution >= 4 is 32.7 Å². The lowest BCUT2D eigenvalue weighted by Gasteiger charge is -2.20. The molecule has 4 rings (SSSR count). The van der Waals surface area contributed by atoms with Crippen molar-refractivity contribution in [3.05, 3.63) is 58.4 Å². The highest BCUT2D eigenvalue weighted by atomic mass is 79.9. The van der Waals surface area contributed by atoms with E-state index in [2.05, 4.69) is 31.4 Å². The van der Waals surface area contributed by atoms with Crippen LogP contribution in [0.5, 0.6) is 5.88 Å². The van der Waals surface area contributed by atoms with Crippen LogP contribution in [0.2, 0.25) is 0 Å². The smallest absolute Gasteiger partial charge is 0.228 e. The molecule has 122 valence electrons. The van der Waals surface area contributed by atoms with Crippen LogP contribution in [-0.2, 0) is 4.84 Å². The van der Waals surface area contributed by atoms with Gasteiger partial charge in [0.15, 0.2) is 5.84 Å². The predicted molar refractivity (Wildman–Crippen MR) is 93.1 cm³/mol. The Morgan fingerprint density at radius 3 is 2.96 bits per heavy atom. The summed E-state index contributed by atoms with van der Waals surface area (Å²) in [6, 6.07) is 13.3. The molecule has 7 heteroatoms. The van der Waals surface area contributed by atoms with E-state index < -0.39 is 0 Å². The van der Waals surface area contributed by atoms with Crippen molar-refractivity contribution in [3.63, 3.8) is 0 Å². The van der Waals surface area contributed by atoms with E-state index in [0.29, 0.717) is 24.0 Å². The number of pyridine rings is 1. The molecule has 0 spiro atoms. The lowest BCUT2D eigenvalue weighted by Crippen LogP contribution is -2.33. The number of para-hydroxylation sites is 1. The number of fused-ring (bicyclic) bond motifs is 1. The zero-order chi connectivity index (χ0) is 16.5. The predicted octanol–water partition coefficient (Wildman–Crippen LogP) is 3.62. The third-order valence-corrected chi connectivity index (χ3v) is 4.32. The van der Waals surface area contributed by atoms with Gasteiger partial charge in [0.05, 0.1) is 11.6 Å². The molecule has 2 aromatic heterocycles. The number of rotatable bonds is 3. The van der Waals surface area contributed by atoms with E-state index in [1.165, 1.54) is 0 Å². The van der Waals surface area contributed by atoms with Gasteiger partial charge in [-0.2, -0.15) is 0 Å². The van der Waals surface area contributed by atoms with Crippen LogP contribution in [0.15, 0.2) is 56.3 Å². The molecular weight excluding hydrogens is 374 g/mol. The lowest BCUT2D eigenvalue weighted by atomic mass is 10.2. The summed E-state index contributed by atoms with van der Waals surface area (Å²) in [5.74, 6) is 1.79. The Morgan fingerprint density at radius 2 is 2.12 bits per heavy atom. The average molecular weight is 388 g/mol. The number of ether oxygens (including phenoxy) is 1. The second-order valence-electron chi connectivity index (χ2n) is 5.28. The van der Waals surface area contributed by atoms with Crippen molar-refractivity contribution < 1.29 is 14.0 Å². The van der Waals surface area contributed by atoms with Gasteiger partial charge in [-0.1, -0.05) is 18.2 Å². The Bertz CT molecular complexity index is 889. The van der Waals surface area contributed by atoms with E-state index in [0.717, 1.165) is 21.2 Å². The quantitative estimate of drug-likeness (QED) is 0.742. The van der Waals surface area contributed by atoms with Crippen LogP contribution in [0.3, 0.4) is 0 Å². The maximum atomic E-state index is 5.89. The Balaban J connectivity index is 1.69. The van der Waals surface area contributed by atoms with Crippen molar-refractivity contribution in [2.45, 2.75) is 6.04 Å². The number of nitrogens with zero attached hydrogens (tertiary/aromatic N) is 2. The van der Waals surface area contributed by atoms with Crippen LogP contribution < -0.4 is 10.2 Å². The molecule has 24 heavy (non-hydrogen) atoms. The second-order valence-corrected chi connectivity index (χ2v) is 6.14. The first-order chi connectivity index (χ1) is 11.7. The molecule has 0 amide bonds. The Morgan fingerprint density at radius 1 is 1.25 bits per heavy atom. The molecule has 0 fully saturated rings. The Labute approximate surface area is 146 Å². The molecule has 0 saturated carbocycles. The third kappa shape index (κ3) is 2.76. The fourth-order valence-corrected chi connectivity index (χ4v) is 2.92. The van der Waals surface area contributed by atoms with E-state index in [4.69, 9.17) is 14.0 Å². The van der Waals surface area contributed by atoms with Gasteiger partial charge in [0, 0.05) is 5.39 Å². The van der Waals surface area contributed by atoms with E-state index in [1.807, 2.05) is 42.5 Å². The van der Waals surface area contributed by atoms with Gasteiger partial charge in [0.2, 0.25) is 5.88 Å². The summed E-state index contributed by atoms with van der Waals surface area (Å²) in [6.45, 7) is 0.386. The molecule has 0 aliphatic carbocycles. The number of hydrogen-bond acceptors (Lipinski definition) is 6. The van der Waals surface area contributed by atoms with E-state index in [-0.39, 0.29) is 6.04 Å². The molecule has 0 radical (unpaired) electrons. The average Bonchev–Trinajstić information content (AvgIpc) is 3.06.